The van der Waals surface area contributed by atoms with E-state index in [9.17, 15) is 4.79 Å². The predicted molar refractivity (Wildman–Crippen MR) is 79.4 cm³/mol. The fourth-order valence-corrected chi connectivity index (χ4v) is 2.04. The summed E-state index contributed by atoms with van der Waals surface area (Å²) in [5.74, 6) is 1.43. The van der Waals surface area contributed by atoms with E-state index in [1.165, 1.54) is 0 Å². The van der Waals surface area contributed by atoms with Gasteiger partial charge in [-0.2, -0.15) is 0 Å². The van der Waals surface area contributed by atoms with Crippen molar-refractivity contribution in [3.05, 3.63) is 23.8 Å². The van der Waals surface area contributed by atoms with Gasteiger partial charge in [0.2, 0.25) is 5.91 Å². The molecule has 1 aromatic rings. The van der Waals surface area contributed by atoms with Gasteiger partial charge < -0.3 is 20.1 Å². The van der Waals surface area contributed by atoms with Crippen LogP contribution in [0.25, 0.3) is 0 Å². The number of ether oxygens (including phenoxy) is 2. The number of likely N-dealkylation sites (N-methyl/N-ethyl adjacent to an activating group) is 1. The van der Waals surface area contributed by atoms with Crippen molar-refractivity contribution in [3.8, 4) is 11.5 Å². The number of carbonyl (C=O) groups is 1. The molecule has 1 amide bonds. The van der Waals surface area contributed by atoms with E-state index in [1.807, 2.05) is 18.2 Å². The van der Waals surface area contributed by atoms with Crippen molar-refractivity contribution < 1.29 is 14.3 Å². The van der Waals surface area contributed by atoms with Gasteiger partial charge in [0, 0.05) is 25.2 Å². The van der Waals surface area contributed by atoms with Crippen LogP contribution in [0, 0.1) is 0 Å². The van der Waals surface area contributed by atoms with E-state index >= 15 is 0 Å². The Morgan fingerprint density at radius 2 is 2.00 bits per heavy atom. The number of hydrogen-bond acceptors (Lipinski definition) is 4. The molecule has 1 aliphatic rings. The van der Waals surface area contributed by atoms with E-state index in [0.29, 0.717) is 12.3 Å². The summed E-state index contributed by atoms with van der Waals surface area (Å²) in [7, 11) is 4.97. The Morgan fingerprint density at radius 3 is 2.50 bits per heavy atom. The number of nitrogens with two attached hydrogens (primary N) is 1. The molecule has 2 rings (SSSR count). The zero-order chi connectivity index (χ0) is 14.0. The molecule has 20 heavy (non-hydrogen) atoms. The number of halogens is 1. The first-order valence-corrected chi connectivity index (χ1v) is 6.25. The summed E-state index contributed by atoms with van der Waals surface area (Å²) in [6.45, 7) is 0.477. The minimum Gasteiger partial charge on any atom is -0.497 e. The summed E-state index contributed by atoms with van der Waals surface area (Å²) in [4.78, 5) is 13.7. The SMILES string of the molecule is COc1ccc(CN(C)C(=O)C2(N)CC2)c(OC)c1.Cl. The van der Waals surface area contributed by atoms with Crippen LogP contribution in [0.2, 0.25) is 0 Å². The van der Waals surface area contributed by atoms with Crippen molar-refractivity contribution in [1.29, 1.82) is 0 Å². The molecule has 0 saturated heterocycles. The summed E-state index contributed by atoms with van der Waals surface area (Å²) in [6.07, 6.45) is 1.55. The predicted octanol–water partition coefficient (Wildman–Crippen LogP) is 1.58. The molecule has 6 heteroatoms. The average molecular weight is 301 g/mol. The molecular formula is C14H21ClN2O3. The molecule has 1 fully saturated rings. The zero-order valence-corrected chi connectivity index (χ0v) is 12.8. The highest BCUT2D eigenvalue weighted by Gasteiger charge is 2.47. The summed E-state index contributed by atoms with van der Waals surface area (Å²) in [5.41, 5.74) is 6.22. The van der Waals surface area contributed by atoms with E-state index < -0.39 is 5.54 Å². The summed E-state index contributed by atoms with van der Waals surface area (Å²) >= 11 is 0. The van der Waals surface area contributed by atoms with Gasteiger partial charge in [-0.1, -0.05) is 0 Å². The van der Waals surface area contributed by atoms with Gasteiger partial charge in [0.15, 0.2) is 0 Å². The lowest BCUT2D eigenvalue weighted by molar-refractivity contribution is -0.132. The van der Waals surface area contributed by atoms with Crippen LogP contribution in [-0.2, 0) is 11.3 Å². The molecule has 0 atom stereocenters. The molecule has 2 N–H and O–H groups in total. The number of methoxy groups -OCH3 is 2. The Balaban J connectivity index is 0.00000200. The summed E-state index contributed by atoms with van der Waals surface area (Å²) in [5, 5.41) is 0. The van der Waals surface area contributed by atoms with Crippen molar-refractivity contribution in [2.75, 3.05) is 21.3 Å². The Hall–Kier alpha value is -1.46. The van der Waals surface area contributed by atoms with Crippen LogP contribution in [0.5, 0.6) is 11.5 Å². The van der Waals surface area contributed by atoms with Crippen LogP contribution < -0.4 is 15.2 Å². The molecule has 5 nitrogen and oxygen atoms in total. The smallest absolute Gasteiger partial charge is 0.242 e. The highest BCUT2D eigenvalue weighted by atomic mass is 35.5. The van der Waals surface area contributed by atoms with Gasteiger partial charge in [-0.25, -0.2) is 0 Å². The van der Waals surface area contributed by atoms with E-state index in [4.69, 9.17) is 15.2 Å². The Labute approximate surface area is 125 Å². The molecule has 0 unspecified atom stereocenters. The van der Waals surface area contributed by atoms with Crippen molar-refractivity contribution in [3.63, 3.8) is 0 Å². The fraction of sp³-hybridized carbons (Fsp3) is 0.500. The van der Waals surface area contributed by atoms with Gasteiger partial charge in [-0.15, -0.1) is 12.4 Å². The Bertz CT molecular complexity index is 489. The second-order valence-corrected chi connectivity index (χ2v) is 5.00. The number of hydrogen-bond donors (Lipinski definition) is 1. The maximum atomic E-state index is 12.1. The number of rotatable bonds is 5. The Kier molecular flexibility index (Phi) is 5.25. The number of carbonyl (C=O) groups excluding carboxylic acids is 1. The zero-order valence-electron chi connectivity index (χ0n) is 12.0. The summed E-state index contributed by atoms with van der Waals surface area (Å²) in [6, 6.07) is 5.56. The molecular weight excluding hydrogens is 280 g/mol. The van der Waals surface area contributed by atoms with Crippen LogP contribution in [0.4, 0.5) is 0 Å². The van der Waals surface area contributed by atoms with Crippen molar-refractivity contribution in [2.45, 2.75) is 24.9 Å². The largest absolute Gasteiger partial charge is 0.497 e. The molecule has 1 aliphatic carbocycles. The standard InChI is InChI=1S/C14H20N2O3.ClH/c1-16(13(17)14(15)6-7-14)9-10-4-5-11(18-2)8-12(10)19-3;/h4-5,8H,6-7,9,15H2,1-3H3;1H. The maximum absolute atomic E-state index is 12.1. The first-order chi connectivity index (χ1) is 9.00. The van der Waals surface area contributed by atoms with E-state index in [2.05, 4.69) is 0 Å². The first kappa shape index (κ1) is 16.6. The van der Waals surface area contributed by atoms with Crippen molar-refractivity contribution in [1.82, 2.24) is 4.90 Å². The van der Waals surface area contributed by atoms with Gasteiger partial charge in [-0.3, -0.25) is 4.79 Å². The highest BCUT2D eigenvalue weighted by molar-refractivity contribution is 5.88. The molecule has 1 saturated carbocycles. The van der Waals surface area contributed by atoms with Crippen LogP contribution in [-0.4, -0.2) is 37.6 Å². The minimum absolute atomic E-state index is 0. The van der Waals surface area contributed by atoms with Crippen LogP contribution in [0.15, 0.2) is 18.2 Å². The molecule has 112 valence electrons. The lowest BCUT2D eigenvalue weighted by Gasteiger charge is -2.22. The number of amides is 1. The van der Waals surface area contributed by atoms with Crippen molar-refractivity contribution in [2.24, 2.45) is 5.73 Å². The first-order valence-electron chi connectivity index (χ1n) is 6.25. The molecule has 0 aliphatic heterocycles. The maximum Gasteiger partial charge on any atom is 0.242 e. The molecule has 0 bridgehead atoms. The van der Waals surface area contributed by atoms with E-state index in [-0.39, 0.29) is 18.3 Å². The quantitative estimate of drug-likeness (QED) is 0.896. The lowest BCUT2D eigenvalue weighted by atomic mass is 10.1. The molecule has 0 radical (unpaired) electrons. The van der Waals surface area contributed by atoms with Gasteiger partial charge >= 0.3 is 0 Å². The fourth-order valence-electron chi connectivity index (χ4n) is 2.04. The summed E-state index contributed by atoms with van der Waals surface area (Å²) < 4.78 is 10.5. The van der Waals surface area contributed by atoms with Crippen LogP contribution in [0.3, 0.4) is 0 Å². The molecule has 0 spiro atoms. The lowest BCUT2D eigenvalue weighted by Crippen LogP contribution is -2.43. The molecule has 0 heterocycles. The van der Waals surface area contributed by atoms with Gasteiger partial charge in [0.25, 0.3) is 0 Å². The van der Waals surface area contributed by atoms with E-state index in [1.54, 1.807) is 26.2 Å². The second kappa shape index (κ2) is 6.33. The molecule has 1 aromatic carbocycles. The van der Waals surface area contributed by atoms with E-state index in [0.717, 1.165) is 24.2 Å². The van der Waals surface area contributed by atoms with Crippen LogP contribution in [0.1, 0.15) is 18.4 Å². The average Bonchev–Trinajstić information content (AvgIpc) is 3.17. The third kappa shape index (κ3) is 3.35. The third-order valence-corrected chi connectivity index (χ3v) is 3.46. The molecule has 0 aromatic heterocycles. The van der Waals surface area contributed by atoms with Crippen LogP contribution >= 0.6 is 12.4 Å². The van der Waals surface area contributed by atoms with Gasteiger partial charge in [0.05, 0.1) is 19.8 Å². The van der Waals surface area contributed by atoms with Gasteiger partial charge in [-0.05, 0) is 25.0 Å². The van der Waals surface area contributed by atoms with Gasteiger partial charge in [0.1, 0.15) is 11.5 Å². The second-order valence-electron chi connectivity index (χ2n) is 5.00. The minimum atomic E-state index is -0.631. The van der Waals surface area contributed by atoms with Crippen molar-refractivity contribution >= 4 is 18.3 Å². The monoisotopic (exact) mass is 300 g/mol. The number of benzene rings is 1. The number of nitrogens with zero attached hydrogens (tertiary/aromatic N) is 1. The normalized spacial score (nSPS) is 15.0. The highest BCUT2D eigenvalue weighted by Crippen LogP contribution is 2.34. The topological polar surface area (TPSA) is 64.8 Å². The third-order valence-electron chi connectivity index (χ3n) is 3.46. The Morgan fingerprint density at radius 1 is 1.35 bits per heavy atom.